The molecule has 29 heteroatoms. The molecule has 456 valence electrons. The molecule has 0 aliphatic heterocycles. The minimum absolute atomic E-state index is 0.000272. The number of aliphatic hydroxyl groups is 2. The molecule has 2 heterocycles. The quantitative estimate of drug-likeness (QED) is 0.0339. The third-order valence-electron chi connectivity index (χ3n) is 15.3. The second-order valence-corrected chi connectivity index (χ2v) is 23.5. The molecule has 6 aromatic rings. The van der Waals surface area contributed by atoms with Crippen molar-refractivity contribution >= 4 is 91.6 Å². The van der Waals surface area contributed by atoms with Crippen molar-refractivity contribution in [3.63, 3.8) is 0 Å². The van der Waals surface area contributed by atoms with Gasteiger partial charge in [-0.2, -0.15) is 4.98 Å². The monoisotopic (exact) mass is 1230 g/mol. The number of benzene rings is 4. The summed E-state index contributed by atoms with van der Waals surface area (Å²) in [7, 11) is 3.49. The number of alkyl carbamates (subject to hydrolysis) is 1. The summed E-state index contributed by atoms with van der Waals surface area (Å²) < 4.78 is 17.5. The number of amides is 3. The number of nitrogen functional groups attached to an aromatic ring is 1. The molecule has 87 heavy (non-hydrogen) atoms. The fourth-order valence-corrected chi connectivity index (χ4v) is 13.1. The van der Waals surface area contributed by atoms with Gasteiger partial charge in [0.05, 0.1) is 66.6 Å². The molecule has 27 nitrogen and oxygen atoms in total. The van der Waals surface area contributed by atoms with E-state index in [1.54, 1.807) is 43.3 Å². The summed E-state index contributed by atoms with van der Waals surface area (Å²) in [6.45, 7) is 2.71. The van der Waals surface area contributed by atoms with Gasteiger partial charge in [0, 0.05) is 63.4 Å². The average molecular weight is 1230 g/mol. The lowest BCUT2D eigenvalue weighted by Gasteiger charge is -2.42. The average Bonchev–Trinajstić information content (AvgIpc) is 0.734. The highest BCUT2D eigenvalue weighted by atomic mass is 33.1. The lowest BCUT2D eigenvalue weighted by atomic mass is 9.72. The molecule has 13 N–H and O–H groups in total. The van der Waals surface area contributed by atoms with Crippen molar-refractivity contribution in [2.45, 2.75) is 112 Å². The Balaban J connectivity index is 0.759. The molecule has 0 bridgehead atoms. The van der Waals surface area contributed by atoms with Gasteiger partial charge >= 0.3 is 18.0 Å². The van der Waals surface area contributed by atoms with E-state index in [4.69, 9.17) is 19.9 Å². The van der Waals surface area contributed by atoms with Gasteiger partial charge in [-0.15, -0.1) is 0 Å². The van der Waals surface area contributed by atoms with Gasteiger partial charge in [-0.25, -0.2) is 24.4 Å². The number of methoxy groups -OCH3 is 1. The Morgan fingerprint density at radius 3 is 2.32 bits per heavy atom. The van der Waals surface area contributed by atoms with E-state index in [-0.39, 0.29) is 88.8 Å². The zero-order valence-corrected chi connectivity index (χ0v) is 48.3. The summed E-state index contributed by atoms with van der Waals surface area (Å²) >= 11 is 0. The van der Waals surface area contributed by atoms with Gasteiger partial charge in [0.15, 0.2) is 22.7 Å². The first-order valence-corrected chi connectivity index (χ1v) is 29.4. The van der Waals surface area contributed by atoms with Crippen LogP contribution in [0.15, 0.2) is 82.6 Å². The van der Waals surface area contributed by atoms with Gasteiger partial charge in [-0.05, 0) is 68.5 Å². The van der Waals surface area contributed by atoms with E-state index in [2.05, 4.69) is 41.2 Å². The summed E-state index contributed by atoms with van der Waals surface area (Å²) in [4.78, 5) is 132. The Bertz CT molecular complexity index is 3810. The van der Waals surface area contributed by atoms with Gasteiger partial charge in [0.25, 0.3) is 11.5 Å². The number of aliphatic hydroxyl groups excluding tert-OH is 1. The Morgan fingerprint density at radius 2 is 1.61 bits per heavy atom. The van der Waals surface area contributed by atoms with Crippen molar-refractivity contribution in [1.29, 1.82) is 0 Å². The van der Waals surface area contributed by atoms with E-state index in [9.17, 15) is 73.8 Å². The molecular formula is C58H59N9O18S2. The Kier molecular flexibility index (Phi) is 18.8. The fraction of sp³-hybridized carbons (Fsp3) is 0.345. The number of nitrogens with one attached hydrogen (secondary N) is 5. The number of hydrogen-bond acceptors (Lipinski definition) is 23. The van der Waals surface area contributed by atoms with Crippen molar-refractivity contribution in [2.75, 3.05) is 23.9 Å². The van der Waals surface area contributed by atoms with Gasteiger partial charge in [-0.1, -0.05) is 58.8 Å². The number of ketones is 3. The molecule has 0 saturated heterocycles. The number of hydrogen-bond donors (Lipinski definition) is 12. The second-order valence-electron chi connectivity index (χ2n) is 21.1. The van der Waals surface area contributed by atoms with E-state index in [1.807, 2.05) is 0 Å². The van der Waals surface area contributed by atoms with Crippen LogP contribution in [0.2, 0.25) is 0 Å². The largest absolute Gasteiger partial charge is 0.507 e. The third kappa shape index (κ3) is 13.6. The molecule has 4 aromatic carbocycles. The first-order valence-electron chi connectivity index (χ1n) is 27.1. The summed E-state index contributed by atoms with van der Waals surface area (Å²) in [5.74, 6) is -8.77. The number of rotatable bonds is 22. The number of carboxylic acid groups (broad SMARTS) is 2. The number of nitrogens with zero attached hydrogens (tertiary/aromatic N) is 3. The first-order chi connectivity index (χ1) is 41.4. The van der Waals surface area contributed by atoms with Crippen LogP contribution < -0.4 is 37.3 Å². The number of carbonyl (C=O) groups excluding carboxylic acids is 6. The molecule has 1 fully saturated rings. The lowest BCUT2D eigenvalue weighted by molar-refractivity contribution is -0.147. The smallest absolute Gasteiger partial charge is 0.407 e. The minimum Gasteiger partial charge on any atom is -0.507 e. The Morgan fingerprint density at radius 1 is 0.885 bits per heavy atom. The number of aromatic hydroxyl groups is 2. The van der Waals surface area contributed by atoms with Crippen molar-refractivity contribution in [1.82, 2.24) is 35.9 Å². The topological polar surface area (TPSA) is 431 Å². The number of ether oxygens (including phenoxy) is 3. The molecule has 3 amide bonds. The maximum atomic E-state index is 14.1. The third-order valence-corrected chi connectivity index (χ3v) is 17.7. The maximum Gasteiger partial charge on any atom is 0.407 e. The highest BCUT2D eigenvalue weighted by Crippen LogP contribution is 2.53. The van der Waals surface area contributed by atoms with Crippen LogP contribution in [0.1, 0.15) is 117 Å². The summed E-state index contributed by atoms with van der Waals surface area (Å²) in [6.07, 6.45) is -4.45. The normalized spacial score (nSPS) is 20.2. The van der Waals surface area contributed by atoms with Gasteiger partial charge in [0.2, 0.25) is 17.6 Å². The molecule has 2 aromatic heterocycles. The summed E-state index contributed by atoms with van der Waals surface area (Å²) in [6, 6.07) is 13.1. The SMILES string of the molecule is COc1cccc2c1C(=O)c1c(O)c3c(c(O)c1C2=O)C[C@@](O)(C(C)=O)CC3OC1CC(C)C(O)C(NC(=O)OCc2ccccc2SSCC(NC(=O)CCC(NC(=O)c2ccc(NCc3cnc4nc(N)[nH]c(=O)c4n3)cc2)C(=O)O)C(=O)O)C1. The minimum atomic E-state index is -2.14. The van der Waals surface area contributed by atoms with Gasteiger partial charge < -0.3 is 71.9 Å². The number of aromatic amines is 1. The number of carboxylic acids is 2. The number of Topliss-reactive ketones (excluding diaryl/α,β-unsaturated/α-hetero) is 1. The van der Waals surface area contributed by atoms with Crippen molar-refractivity contribution in [2.24, 2.45) is 5.92 Å². The number of nitrogens with two attached hydrogens (primary N) is 1. The predicted molar refractivity (Wildman–Crippen MR) is 311 cm³/mol. The van der Waals surface area contributed by atoms with Crippen molar-refractivity contribution in [3.8, 4) is 17.2 Å². The molecule has 3 aliphatic rings. The molecule has 0 spiro atoms. The number of H-pyrrole nitrogens is 1. The highest BCUT2D eigenvalue weighted by Gasteiger charge is 2.49. The van der Waals surface area contributed by atoms with Crippen LogP contribution in [0.3, 0.4) is 0 Å². The summed E-state index contributed by atoms with van der Waals surface area (Å²) in [5.41, 5.74) is 3.01. The van der Waals surface area contributed by atoms with E-state index in [1.165, 1.54) is 43.6 Å². The number of aromatic nitrogens is 4. The molecule has 9 rings (SSSR count). The fourth-order valence-electron chi connectivity index (χ4n) is 10.7. The Labute approximate surface area is 501 Å². The standard InChI is InChI=1S/C58H59N9O18S2/c1-25-17-31(85-38-20-58(82,26(2)68)19-33-42(38)50(74)44-43(48(33)72)47(71)32-8-6-9-37(83-3)41(32)49(44)73)18-35(46(25)70)65-57(81)84-23-28-7-4-5-10-39(28)87-86-24-36(55(79)80)63-40(69)16-15-34(54(77)78)64-52(75)27-11-13-29(14-12-27)60-21-30-22-61-51-45(62-30)53(76)67-56(59)66-51/h4-14,22,25,31,34-36,38,46,60,70,72,74,82H,15-21,23-24H2,1-3H3,(H,63,69)(H,64,75)(H,65,81)(H,77,78)(H,79,80)(H3,59,61,66,67,76)/t25?,31?,34?,35?,36?,38?,46?,58-/m0/s1. The number of anilines is 2. The number of phenols is 2. The molecule has 8 atom stereocenters. The first kappa shape index (κ1) is 62.4. The zero-order chi connectivity index (χ0) is 62.6. The van der Waals surface area contributed by atoms with Crippen LogP contribution in [0.5, 0.6) is 17.2 Å². The van der Waals surface area contributed by atoms with Crippen LogP contribution >= 0.6 is 21.6 Å². The van der Waals surface area contributed by atoms with Gasteiger partial charge in [-0.3, -0.25) is 33.8 Å². The number of aliphatic carboxylic acids is 2. The molecule has 1 saturated carbocycles. The number of fused-ring (bicyclic) bond motifs is 4. The Hall–Kier alpha value is -9.16. The van der Waals surface area contributed by atoms with E-state index < -0.39 is 143 Å². The van der Waals surface area contributed by atoms with E-state index in [0.717, 1.165) is 28.5 Å². The molecule has 3 aliphatic carbocycles. The zero-order valence-electron chi connectivity index (χ0n) is 46.7. The molecular weight excluding hydrogens is 1170 g/mol. The predicted octanol–water partition coefficient (Wildman–Crippen LogP) is 3.85. The number of carbonyl (C=O) groups is 8. The van der Waals surface area contributed by atoms with E-state index in [0.29, 0.717) is 21.8 Å². The molecule has 7 unspecified atom stereocenters. The van der Waals surface area contributed by atoms with Crippen LogP contribution in [-0.4, -0.2) is 147 Å². The van der Waals surface area contributed by atoms with Crippen molar-refractivity contribution in [3.05, 3.63) is 133 Å². The maximum absolute atomic E-state index is 14.1. The van der Waals surface area contributed by atoms with Crippen LogP contribution in [0.25, 0.3) is 11.2 Å². The number of phenolic OH excluding ortho intramolecular Hbond substituents is 2. The highest BCUT2D eigenvalue weighted by molar-refractivity contribution is 8.76. The van der Waals surface area contributed by atoms with Crippen molar-refractivity contribution < 1.29 is 83.2 Å². The molecule has 0 radical (unpaired) electrons. The van der Waals surface area contributed by atoms with Crippen LogP contribution in [0, 0.1) is 5.92 Å². The van der Waals surface area contributed by atoms with E-state index >= 15 is 0 Å². The van der Waals surface area contributed by atoms with Crippen LogP contribution in [-0.2, 0) is 48.2 Å². The summed E-state index contributed by atoms with van der Waals surface area (Å²) in [5, 5.41) is 77.1. The van der Waals surface area contributed by atoms with Crippen LogP contribution in [0.4, 0.5) is 16.4 Å². The second kappa shape index (κ2) is 26.2. The lowest BCUT2D eigenvalue weighted by Crippen LogP contribution is -2.52. The van der Waals surface area contributed by atoms with Gasteiger partial charge in [0.1, 0.15) is 41.5 Å².